The Labute approximate surface area is 370 Å². The number of allylic oxidation sites excluding steroid dienone is 1. The Morgan fingerprint density at radius 3 is 2.44 bits per heavy atom. The minimum absolute atomic E-state index is 0.0150. The van der Waals surface area contributed by atoms with E-state index in [0.29, 0.717) is 42.2 Å². The minimum atomic E-state index is -1.52. The monoisotopic (exact) mass is 874 g/mol. The quantitative estimate of drug-likeness (QED) is 0.0422. The summed E-state index contributed by atoms with van der Waals surface area (Å²) >= 11 is 0. The van der Waals surface area contributed by atoms with Crippen molar-refractivity contribution in [2.24, 2.45) is 22.9 Å². The summed E-state index contributed by atoms with van der Waals surface area (Å²) in [7, 11) is 1.49. The van der Waals surface area contributed by atoms with Crippen molar-refractivity contribution >= 4 is 11.8 Å². The molecule has 6 atom stereocenters. The number of carbonyl (C=O) groups excluding carboxylic acids is 1. The average Bonchev–Trinajstić information content (AvgIpc) is 3.30. The average molecular weight is 875 g/mol. The number of ether oxygens (including phenoxy) is 6. The van der Waals surface area contributed by atoms with E-state index in [-0.39, 0.29) is 96.0 Å². The number of unbranched alkanes of at least 4 members (excludes halogenated alkanes) is 2. The van der Waals surface area contributed by atoms with Gasteiger partial charge in [-0.2, -0.15) is 0 Å². The Morgan fingerprint density at radius 2 is 1.70 bits per heavy atom. The molecule has 2 aliphatic carbocycles. The molecule has 13 nitrogen and oxygen atoms in total. The molecule has 0 saturated heterocycles. The molecule has 0 radical (unpaired) electrons. The number of oxime groups is 1. The molecule has 1 heterocycles. The van der Waals surface area contributed by atoms with Gasteiger partial charge in [-0.1, -0.05) is 78.7 Å². The first-order valence-electron chi connectivity index (χ1n) is 22.1. The highest BCUT2D eigenvalue weighted by Gasteiger charge is 2.65. The van der Waals surface area contributed by atoms with Gasteiger partial charge in [-0.05, 0) is 72.9 Å². The van der Waals surface area contributed by atoms with Crippen LogP contribution in [0.4, 0.5) is 9.18 Å². The Kier molecular flexibility index (Phi) is 18.4. The summed E-state index contributed by atoms with van der Waals surface area (Å²) in [6.07, 6.45) is 7.76. The molecule has 3 N–H and O–H groups in total. The second kappa shape index (κ2) is 24.3. The Bertz CT molecular complexity index is 1960. The van der Waals surface area contributed by atoms with Crippen LogP contribution in [0.2, 0.25) is 0 Å². The fourth-order valence-corrected chi connectivity index (χ4v) is 9.36. The van der Waals surface area contributed by atoms with E-state index in [1.165, 1.54) is 13.2 Å². The number of rotatable bonds is 26. The number of hydrogen-bond donors (Lipinski definition) is 3. The van der Waals surface area contributed by atoms with Crippen molar-refractivity contribution in [1.29, 1.82) is 0 Å². The summed E-state index contributed by atoms with van der Waals surface area (Å²) in [5, 5.41) is 33.9. The number of halogens is 1. The molecule has 63 heavy (non-hydrogen) atoms. The SMILES string of the molecule is C=CCO[C@@]12Oc3ccc(OCc4ccccc4F)cc3[C@H]3[C@H](CCCCO)[C@@H](CCCCO)C=C(C(=NOC)C[C@@H]1N(CCOCCO)C(=O)OCCOCc1ccccc1)[C@H]32. The number of aliphatic hydroxyl groups is 3. The van der Waals surface area contributed by atoms with Crippen molar-refractivity contribution in [3.8, 4) is 11.5 Å². The smallest absolute Gasteiger partial charge is 0.410 e. The molecule has 0 bridgehead atoms. The molecule has 0 unspecified atom stereocenters. The van der Waals surface area contributed by atoms with E-state index >= 15 is 0 Å². The van der Waals surface area contributed by atoms with Gasteiger partial charge in [0, 0.05) is 43.2 Å². The first-order valence-corrected chi connectivity index (χ1v) is 22.1. The molecule has 1 saturated carbocycles. The zero-order valence-corrected chi connectivity index (χ0v) is 36.3. The summed E-state index contributed by atoms with van der Waals surface area (Å²) in [5.74, 6) is -1.66. The largest absolute Gasteiger partial charge is 0.489 e. The summed E-state index contributed by atoms with van der Waals surface area (Å²) in [5.41, 5.74) is 3.77. The van der Waals surface area contributed by atoms with Gasteiger partial charge >= 0.3 is 6.09 Å². The predicted molar refractivity (Wildman–Crippen MR) is 235 cm³/mol. The number of benzene rings is 3. The van der Waals surface area contributed by atoms with Crippen molar-refractivity contribution in [2.75, 3.05) is 66.5 Å². The van der Waals surface area contributed by atoms with Crippen LogP contribution in [0.1, 0.15) is 67.6 Å². The Balaban J connectivity index is 1.45. The first kappa shape index (κ1) is 47.6. The highest BCUT2D eigenvalue weighted by molar-refractivity contribution is 6.03. The predicted octanol–water partition coefficient (Wildman–Crippen LogP) is 7.33. The van der Waals surface area contributed by atoms with Gasteiger partial charge in [-0.25, -0.2) is 9.18 Å². The molecule has 3 aliphatic rings. The fourth-order valence-electron chi connectivity index (χ4n) is 9.36. The van der Waals surface area contributed by atoms with Crippen molar-refractivity contribution in [2.45, 2.75) is 75.9 Å². The van der Waals surface area contributed by atoms with Crippen LogP contribution < -0.4 is 9.47 Å². The topological polar surface area (TPSA) is 158 Å². The molecular weight excluding hydrogens is 812 g/mol. The van der Waals surface area contributed by atoms with Crippen molar-refractivity contribution < 1.29 is 57.8 Å². The third-order valence-electron chi connectivity index (χ3n) is 12.1. The first-order chi connectivity index (χ1) is 30.9. The molecule has 0 spiro atoms. The maximum absolute atomic E-state index is 14.7. The van der Waals surface area contributed by atoms with Gasteiger partial charge in [0.05, 0.1) is 51.3 Å². The summed E-state index contributed by atoms with van der Waals surface area (Å²) in [6.45, 7) is 4.73. The highest BCUT2D eigenvalue weighted by atomic mass is 19.1. The van der Waals surface area contributed by atoms with Crippen molar-refractivity contribution in [3.05, 3.63) is 120 Å². The standard InChI is InChI=1S/C49H63FN2O11/c1-3-25-62-49-45(52(21-26-58-27-24-55)48(56)60-29-28-59-33-35-13-5-4-6-14-35)32-43(51-57-2)40-30-36(15-9-11-22-53)39(17-10-12-23-54)46(47(40)49)41-31-38(19-20-44(41)63-49)61-34-37-16-7-8-18-42(37)50/h3-8,13-14,16,18-20,30-31,36,39,45-47,53-55H,1,9-12,15,17,21-29,32-34H2,2H3/t36-,39+,45-,46+,47+,49+/m0/s1. The van der Waals surface area contributed by atoms with Crippen LogP contribution >= 0.6 is 0 Å². The van der Waals surface area contributed by atoms with Crippen LogP contribution in [0, 0.1) is 23.6 Å². The van der Waals surface area contributed by atoms with Crippen LogP contribution in [0.3, 0.4) is 0 Å². The van der Waals surface area contributed by atoms with Gasteiger partial charge in [-0.3, -0.25) is 4.90 Å². The van der Waals surface area contributed by atoms with Gasteiger partial charge in [0.1, 0.15) is 43.7 Å². The van der Waals surface area contributed by atoms with Gasteiger partial charge in [0.2, 0.25) is 5.79 Å². The second-order valence-electron chi connectivity index (χ2n) is 16.0. The van der Waals surface area contributed by atoms with E-state index in [2.05, 4.69) is 17.8 Å². The van der Waals surface area contributed by atoms with Crippen LogP contribution in [0.5, 0.6) is 11.5 Å². The van der Waals surface area contributed by atoms with E-state index in [9.17, 15) is 24.5 Å². The summed E-state index contributed by atoms with van der Waals surface area (Å²) < 4.78 is 52.8. The number of amides is 1. The Hall–Kier alpha value is -4.83. The molecule has 1 aliphatic heterocycles. The number of fused-ring (bicyclic) bond motifs is 2. The molecule has 1 amide bonds. The minimum Gasteiger partial charge on any atom is -0.489 e. The maximum atomic E-state index is 14.7. The number of nitrogens with zero attached hydrogens (tertiary/aromatic N) is 2. The zero-order valence-electron chi connectivity index (χ0n) is 36.3. The second-order valence-corrected chi connectivity index (χ2v) is 16.0. The number of hydrogen-bond acceptors (Lipinski definition) is 12. The molecule has 0 aromatic heterocycles. The molecular formula is C49H63FN2O11. The Morgan fingerprint density at radius 1 is 0.921 bits per heavy atom. The summed E-state index contributed by atoms with van der Waals surface area (Å²) in [4.78, 5) is 21.6. The lowest BCUT2D eigenvalue weighted by atomic mass is 9.55. The van der Waals surface area contributed by atoms with Crippen LogP contribution in [0.15, 0.2) is 102 Å². The van der Waals surface area contributed by atoms with E-state index in [4.69, 9.17) is 33.3 Å². The lowest BCUT2D eigenvalue weighted by Crippen LogP contribution is -2.70. The maximum Gasteiger partial charge on any atom is 0.410 e. The van der Waals surface area contributed by atoms with E-state index in [0.717, 1.165) is 42.4 Å². The lowest BCUT2D eigenvalue weighted by molar-refractivity contribution is -0.256. The molecule has 3 aromatic rings. The molecule has 14 heteroatoms. The van der Waals surface area contributed by atoms with E-state index < -0.39 is 23.8 Å². The van der Waals surface area contributed by atoms with Gasteiger partial charge < -0.3 is 48.6 Å². The van der Waals surface area contributed by atoms with E-state index in [1.54, 1.807) is 35.2 Å². The lowest BCUT2D eigenvalue weighted by Gasteiger charge is -2.59. The van der Waals surface area contributed by atoms with Gasteiger partial charge in [0.25, 0.3) is 0 Å². The van der Waals surface area contributed by atoms with Crippen LogP contribution in [-0.4, -0.2) is 110 Å². The fraction of sp³-hybridized carbons (Fsp3) is 0.510. The third-order valence-corrected chi connectivity index (χ3v) is 12.1. The number of carbonyl (C=O) groups is 1. The normalized spacial score (nSPS) is 22.9. The van der Waals surface area contributed by atoms with Crippen molar-refractivity contribution in [3.63, 3.8) is 0 Å². The van der Waals surface area contributed by atoms with Crippen LogP contribution in [-0.2, 0) is 37.0 Å². The van der Waals surface area contributed by atoms with Gasteiger partial charge in [0.15, 0.2) is 0 Å². The zero-order chi connectivity index (χ0) is 44.4. The van der Waals surface area contributed by atoms with Crippen molar-refractivity contribution in [1.82, 2.24) is 4.90 Å². The highest BCUT2D eigenvalue weighted by Crippen LogP contribution is 2.62. The molecule has 6 rings (SSSR count). The molecule has 1 fully saturated rings. The van der Waals surface area contributed by atoms with E-state index in [1.807, 2.05) is 42.5 Å². The summed E-state index contributed by atoms with van der Waals surface area (Å²) in [6, 6.07) is 21.0. The van der Waals surface area contributed by atoms with Gasteiger partial charge in [-0.15, -0.1) is 6.58 Å². The third kappa shape index (κ3) is 11.9. The van der Waals surface area contributed by atoms with Crippen LogP contribution in [0.25, 0.3) is 0 Å². The molecule has 3 aromatic carbocycles. The molecule has 342 valence electrons. The number of aliphatic hydroxyl groups excluding tert-OH is 3.